The lowest BCUT2D eigenvalue weighted by Gasteiger charge is -2.33. The Morgan fingerprint density at radius 3 is 2.84 bits per heavy atom. The first-order chi connectivity index (χ1) is 12.2. The van der Waals surface area contributed by atoms with E-state index in [1.807, 2.05) is 29.2 Å². The standard InChI is InChI=1S/C19H28N2O4/c1-15-11-21(12-18(15)20-6-8-24-9-7-20)19(22)14-25-13-16-4-3-5-17(10-16)23-2/h3-5,10,15,18H,6-9,11-14H2,1-2H3. The van der Waals surface area contributed by atoms with Crippen LogP contribution in [0, 0.1) is 5.92 Å². The van der Waals surface area contributed by atoms with Crippen molar-refractivity contribution in [3.63, 3.8) is 0 Å². The monoisotopic (exact) mass is 348 g/mol. The van der Waals surface area contributed by atoms with E-state index in [-0.39, 0.29) is 12.5 Å². The van der Waals surface area contributed by atoms with E-state index in [2.05, 4.69) is 11.8 Å². The quantitative estimate of drug-likeness (QED) is 0.778. The largest absolute Gasteiger partial charge is 0.497 e. The molecular formula is C19H28N2O4. The van der Waals surface area contributed by atoms with Crippen LogP contribution in [-0.4, -0.2) is 74.9 Å². The number of rotatable bonds is 6. The number of carbonyl (C=O) groups is 1. The first-order valence-corrected chi connectivity index (χ1v) is 8.97. The van der Waals surface area contributed by atoms with Gasteiger partial charge in [0.15, 0.2) is 0 Å². The third kappa shape index (κ3) is 4.71. The van der Waals surface area contributed by atoms with Crippen molar-refractivity contribution in [3.05, 3.63) is 29.8 Å². The minimum absolute atomic E-state index is 0.0745. The Bertz CT molecular complexity index is 574. The summed E-state index contributed by atoms with van der Waals surface area (Å²) in [5.74, 6) is 1.36. The first-order valence-electron chi connectivity index (χ1n) is 8.97. The fourth-order valence-corrected chi connectivity index (χ4v) is 3.65. The van der Waals surface area contributed by atoms with Gasteiger partial charge in [0.05, 0.1) is 26.9 Å². The maximum Gasteiger partial charge on any atom is 0.248 e. The lowest BCUT2D eigenvalue weighted by molar-refractivity contribution is -0.135. The highest BCUT2D eigenvalue weighted by molar-refractivity contribution is 5.77. The highest BCUT2D eigenvalue weighted by atomic mass is 16.5. The molecule has 0 aromatic heterocycles. The second-order valence-electron chi connectivity index (χ2n) is 6.84. The molecule has 0 saturated carbocycles. The van der Waals surface area contributed by atoms with Crippen molar-refractivity contribution < 1.29 is 19.0 Å². The predicted octanol–water partition coefficient (Wildman–Crippen LogP) is 1.39. The zero-order valence-electron chi connectivity index (χ0n) is 15.1. The number of hydrogen-bond acceptors (Lipinski definition) is 5. The van der Waals surface area contributed by atoms with Crippen LogP contribution in [0.4, 0.5) is 0 Å². The van der Waals surface area contributed by atoms with Crippen LogP contribution in [0.1, 0.15) is 12.5 Å². The molecule has 0 aliphatic carbocycles. The third-order valence-electron chi connectivity index (χ3n) is 5.07. The summed E-state index contributed by atoms with van der Waals surface area (Å²) < 4.78 is 16.3. The smallest absolute Gasteiger partial charge is 0.248 e. The van der Waals surface area contributed by atoms with Gasteiger partial charge in [0.1, 0.15) is 12.4 Å². The second-order valence-corrected chi connectivity index (χ2v) is 6.84. The van der Waals surface area contributed by atoms with Crippen molar-refractivity contribution in [1.29, 1.82) is 0 Å². The lowest BCUT2D eigenvalue weighted by atomic mass is 10.0. The zero-order chi connectivity index (χ0) is 17.6. The molecule has 0 N–H and O–H groups in total. The van der Waals surface area contributed by atoms with Gasteiger partial charge in [-0.25, -0.2) is 0 Å². The molecule has 138 valence electrons. The van der Waals surface area contributed by atoms with E-state index in [9.17, 15) is 4.79 Å². The van der Waals surface area contributed by atoms with Gasteiger partial charge in [-0.1, -0.05) is 19.1 Å². The highest BCUT2D eigenvalue weighted by Gasteiger charge is 2.36. The average molecular weight is 348 g/mol. The Kier molecular flexibility index (Phi) is 6.29. The number of carbonyl (C=O) groups excluding carboxylic acids is 1. The van der Waals surface area contributed by atoms with Crippen molar-refractivity contribution in [2.45, 2.75) is 19.6 Å². The molecule has 2 fully saturated rings. The summed E-state index contributed by atoms with van der Waals surface area (Å²) in [6.45, 7) is 7.88. The molecule has 1 aromatic rings. The van der Waals surface area contributed by atoms with Gasteiger partial charge in [-0.3, -0.25) is 9.69 Å². The van der Waals surface area contributed by atoms with Gasteiger partial charge in [-0.15, -0.1) is 0 Å². The van der Waals surface area contributed by atoms with Crippen LogP contribution in [0.25, 0.3) is 0 Å². The topological polar surface area (TPSA) is 51.2 Å². The van der Waals surface area contributed by atoms with Crippen molar-refractivity contribution >= 4 is 5.91 Å². The molecule has 25 heavy (non-hydrogen) atoms. The first kappa shape index (κ1) is 18.2. The van der Waals surface area contributed by atoms with Crippen LogP contribution in [-0.2, 0) is 20.9 Å². The number of hydrogen-bond donors (Lipinski definition) is 0. The molecule has 3 rings (SSSR count). The number of morpholine rings is 1. The van der Waals surface area contributed by atoms with Crippen LogP contribution in [0.15, 0.2) is 24.3 Å². The minimum atomic E-state index is 0.0745. The van der Waals surface area contributed by atoms with E-state index in [0.717, 1.165) is 50.7 Å². The molecule has 0 spiro atoms. The average Bonchev–Trinajstić information content (AvgIpc) is 3.04. The summed E-state index contributed by atoms with van der Waals surface area (Å²) in [6, 6.07) is 8.16. The SMILES string of the molecule is COc1cccc(COCC(=O)N2CC(C)C(N3CCOCC3)C2)c1. The molecule has 2 aliphatic heterocycles. The van der Waals surface area contributed by atoms with Crippen molar-refractivity contribution in [2.24, 2.45) is 5.92 Å². The van der Waals surface area contributed by atoms with E-state index in [0.29, 0.717) is 18.6 Å². The van der Waals surface area contributed by atoms with Crippen molar-refractivity contribution in [2.75, 3.05) is 53.1 Å². The molecule has 2 saturated heterocycles. The molecule has 0 bridgehead atoms. The minimum Gasteiger partial charge on any atom is -0.497 e. The summed E-state index contributed by atoms with van der Waals surface area (Å²) in [5, 5.41) is 0. The van der Waals surface area contributed by atoms with Crippen LogP contribution in [0.2, 0.25) is 0 Å². The fourth-order valence-electron chi connectivity index (χ4n) is 3.65. The van der Waals surface area contributed by atoms with E-state index >= 15 is 0 Å². The number of ether oxygens (including phenoxy) is 3. The molecule has 2 unspecified atom stereocenters. The highest BCUT2D eigenvalue weighted by Crippen LogP contribution is 2.23. The fraction of sp³-hybridized carbons (Fsp3) is 0.632. The Labute approximate surface area is 149 Å². The van der Waals surface area contributed by atoms with E-state index in [1.54, 1.807) is 7.11 Å². The predicted molar refractivity (Wildman–Crippen MR) is 94.6 cm³/mol. The molecule has 6 heteroatoms. The van der Waals surface area contributed by atoms with Crippen LogP contribution < -0.4 is 4.74 Å². The van der Waals surface area contributed by atoms with Crippen LogP contribution in [0.5, 0.6) is 5.75 Å². The molecule has 2 aliphatic rings. The van der Waals surface area contributed by atoms with Gasteiger partial charge in [0.2, 0.25) is 5.91 Å². The van der Waals surface area contributed by atoms with Crippen LogP contribution in [0.3, 0.4) is 0 Å². The Balaban J connectivity index is 1.45. The molecule has 6 nitrogen and oxygen atoms in total. The van der Waals surface area contributed by atoms with Gasteiger partial charge in [-0.05, 0) is 23.6 Å². The van der Waals surface area contributed by atoms with Gasteiger partial charge in [0, 0.05) is 32.2 Å². The van der Waals surface area contributed by atoms with Crippen molar-refractivity contribution in [1.82, 2.24) is 9.80 Å². The number of benzene rings is 1. The van der Waals surface area contributed by atoms with E-state index < -0.39 is 0 Å². The maximum absolute atomic E-state index is 12.5. The molecule has 1 aromatic carbocycles. The van der Waals surface area contributed by atoms with Gasteiger partial charge in [-0.2, -0.15) is 0 Å². The molecule has 2 heterocycles. The third-order valence-corrected chi connectivity index (χ3v) is 5.07. The summed E-state index contributed by atoms with van der Waals surface area (Å²) in [5.41, 5.74) is 1.01. The maximum atomic E-state index is 12.5. The number of amides is 1. The van der Waals surface area contributed by atoms with Crippen molar-refractivity contribution in [3.8, 4) is 5.75 Å². The van der Waals surface area contributed by atoms with Crippen LogP contribution >= 0.6 is 0 Å². The Morgan fingerprint density at radius 1 is 1.28 bits per heavy atom. The zero-order valence-corrected chi connectivity index (χ0v) is 15.1. The normalized spacial score (nSPS) is 24.5. The lowest BCUT2D eigenvalue weighted by Crippen LogP contribution is -2.47. The van der Waals surface area contributed by atoms with E-state index in [4.69, 9.17) is 14.2 Å². The molecule has 0 radical (unpaired) electrons. The summed E-state index contributed by atoms with van der Waals surface area (Å²) in [7, 11) is 1.64. The molecule has 1 amide bonds. The van der Waals surface area contributed by atoms with Gasteiger partial charge < -0.3 is 19.1 Å². The number of nitrogens with zero attached hydrogens (tertiary/aromatic N) is 2. The molecular weight excluding hydrogens is 320 g/mol. The van der Waals surface area contributed by atoms with Gasteiger partial charge in [0.25, 0.3) is 0 Å². The van der Waals surface area contributed by atoms with Gasteiger partial charge >= 0.3 is 0 Å². The second kappa shape index (κ2) is 8.65. The Morgan fingerprint density at radius 2 is 2.08 bits per heavy atom. The number of methoxy groups -OCH3 is 1. The summed E-state index contributed by atoms with van der Waals surface area (Å²) in [4.78, 5) is 16.9. The summed E-state index contributed by atoms with van der Waals surface area (Å²) >= 11 is 0. The number of likely N-dealkylation sites (tertiary alicyclic amines) is 1. The van der Waals surface area contributed by atoms with E-state index in [1.165, 1.54) is 0 Å². The summed E-state index contributed by atoms with van der Waals surface area (Å²) in [6.07, 6.45) is 0. The Hall–Kier alpha value is -1.63. The molecule has 2 atom stereocenters.